The summed E-state index contributed by atoms with van der Waals surface area (Å²) in [5.41, 5.74) is -0.122. The second-order valence-corrected chi connectivity index (χ2v) is 5.45. The average Bonchev–Trinajstić information content (AvgIpc) is 2.18. The van der Waals surface area contributed by atoms with Gasteiger partial charge in [-0.1, -0.05) is 32.4 Å². The van der Waals surface area contributed by atoms with Crippen LogP contribution < -0.4 is 5.32 Å². The molecule has 0 aliphatic rings. The Kier molecular flexibility index (Phi) is 3.93. The van der Waals surface area contributed by atoms with Crippen LogP contribution >= 0.6 is 11.6 Å². The number of hydrogen-bond donors (Lipinski definition) is 1. The minimum atomic E-state index is -0.489. The van der Waals surface area contributed by atoms with E-state index in [2.05, 4.69) is 10.3 Å². The van der Waals surface area contributed by atoms with Crippen molar-refractivity contribution >= 4 is 23.1 Å². The fraction of sp³-hybridized carbons (Fsp3) is 0.545. The first-order valence-electron chi connectivity index (χ1n) is 5.28. The second-order valence-electron chi connectivity index (χ2n) is 5.01. The molecule has 1 atom stereocenters. The Labute approximate surface area is 105 Å². The summed E-state index contributed by atoms with van der Waals surface area (Å²) in [6.45, 7) is 8.10. The largest absolute Gasteiger partial charge is 0.361 e. The third kappa shape index (κ3) is 3.56. The van der Waals surface area contributed by atoms with Crippen molar-refractivity contribution in [2.24, 2.45) is 5.41 Å². The molecule has 0 amide bonds. The minimum Gasteiger partial charge on any atom is -0.361 e. The number of aromatic nitrogens is 1. The Morgan fingerprint density at radius 1 is 1.53 bits per heavy atom. The normalized spacial score (nSPS) is 13.2. The van der Waals surface area contributed by atoms with Gasteiger partial charge in [0.1, 0.15) is 0 Å². The molecule has 0 aromatic carbocycles. The number of pyridine rings is 1. The molecule has 0 radical (unpaired) electrons. The maximum Gasteiger partial charge on any atom is 0.312 e. The summed E-state index contributed by atoms with van der Waals surface area (Å²) >= 11 is 5.69. The number of halogens is 1. The lowest BCUT2D eigenvalue weighted by Crippen LogP contribution is -2.31. The van der Waals surface area contributed by atoms with E-state index in [-0.39, 0.29) is 28.0 Å². The number of nitro groups is 1. The summed E-state index contributed by atoms with van der Waals surface area (Å²) in [6, 6.07) is 1.35. The number of hydrogen-bond acceptors (Lipinski definition) is 4. The Morgan fingerprint density at radius 2 is 2.12 bits per heavy atom. The van der Waals surface area contributed by atoms with E-state index in [1.807, 2.05) is 27.7 Å². The standard InChI is InChI=1S/C11H16ClN3O2/c1-7(11(2,3)4)14-10-9(15(16)17)5-8(12)6-13-10/h5-7H,1-4H3,(H,13,14). The van der Waals surface area contributed by atoms with Crippen LogP contribution in [0.4, 0.5) is 11.5 Å². The molecule has 0 fully saturated rings. The first kappa shape index (κ1) is 13.7. The molecule has 0 aliphatic heterocycles. The zero-order chi connectivity index (χ0) is 13.2. The highest BCUT2D eigenvalue weighted by Crippen LogP contribution is 2.28. The summed E-state index contributed by atoms with van der Waals surface area (Å²) in [7, 11) is 0. The number of nitrogens with zero attached hydrogens (tertiary/aromatic N) is 2. The minimum absolute atomic E-state index is 0.0187. The van der Waals surface area contributed by atoms with Gasteiger partial charge in [0.25, 0.3) is 0 Å². The van der Waals surface area contributed by atoms with Crippen LogP contribution in [0.25, 0.3) is 0 Å². The molecule has 0 spiro atoms. The molecule has 0 saturated carbocycles. The topological polar surface area (TPSA) is 68.1 Å². The number of rotatable bonds is 3. The van der Waals surface area contributed by atoms with E-state index in [0.717, 1.165) is 0 Å². The Morgan fingerprint density at radius 3 is 2.59 bits per heavy atom. The SMILES string of the molecule is CC(Nc1ncc(Cl)cc1[N+](=O)[O-])C(C)(C)C. The molecule has 0 aliphatic carbocycles. The van der Waals surface area contributed by atoms with E-state index in [1.165, 1.54) is 12.3 Å². The Balaban J connectivity index is 3.03. The van der Waals surface area contributed by atoms with E-state index < -0.39 is 4.92 Å². The molecule has 0 saturated heterocycles. The van der Waals surface area contributed by atoms with Gasteiger partial charge in [-0.2, -0.15) is 0 Å². The summed E-state index contributed by atoms with van der Waals surface area (Å²) in [5, 5.41) is 14.2. The van der Waals surface area contributed by atoms with Gasteiger partial charge in [-0.3, -0.25) is 10.1 Å². The van der Waals surface area contributed by atoms with Crippen LogP contribution in [0.1, 0.15) is 27.7 Å². The molecule has 1 aromatic rings. The van der Waals surface area contributed by atoms with Gasteiger partial charge in [0.2, 0.25) is 5.82 Å². The van der Waals surface area contributed by atoms with Crippen molar-refractivity contribution in [1.29, 1.82) is 0 Å². The molecule has 1 aromatic heterocycles. The second kappa shape index (κ2) is 4.87. The van der Waals surface area contributed by atoms with E-state index in [9.17, 15) is 10.1 Å². The van der Waals surface area contributed by atoms with Crippen LogP contribution in [0, 0.1) is 15.5 Å². The van der Waals surface area contributed by atoms with Crippen molar-refractivity contribution in [3.63, 3.8) is 0 Å². The van der Waals surface area contributed by atoms with Gasteiger partial charge in [-0.15, -0.1) is 0 Å². The maximum absolute atomic E-state index is 10.9. The van der Waals surface area contributed by atoms with Crippen LogP contribution in [0.15, 0.2) is 12.3 Å². The Bertz CT molecular complexity index is 429. The van der Waals surface area contributed by atoms with Crippen LogP contribution in [0.5, 0.6) is 0 Å². The van der Waals surface area contributed by atoms with Crippen molar-refractivity contribution in [3.05, 3.63) is 27.4 Å². The predicted molar refractivity (Wildman–Crippen MR) is 68.4 cm³/mol. The maximum atomic E-state index is 10.9. The van der Waals surface area contributed by atoms with Crippen molar-refractivity contribution in [2.75, 3.05) is 5.32 Å². The highest BCUT2D eigenvalue weighted by Gasteiger charge is 2.24. The highest BCUT2D eigenvalue weighted by atomic mass is 35.5. The predicted octanol–water partition coefficient (Wildman–Crippen LogP) is 3.49. The number of nitrogens with one attached hydrogen (secondary N) is 1. The summed E-state index contributed by atoms with van der Waals surface area (Å²) in [4.78, 5) is 14.4. The molecule has 0 bridgehead atoms. The lowest BCUT2D eigenvalue weighted by molar-refractivity contribution is -0.384. The monoisotopic (exact) mass is 257 g/mol. The van der Waals surface area contributed by atoms with E-state index in [4.69, 9.17) is 11.6 Å². The van der Waals surface area contributed by atoms with E-state index >= 15 is 0 Å². The Hall–Kier alpha value is -1.36. The smallest absolute Gasteiger partial charge is 0.312 e. The van der Waals surface area contributed by atoms with Crippen molar-refractivity contribution in [1.82, 2.24) is 4.98 Å². The molecule has 1 heterocycles. The fourth-order valence-electron chi connectivity index (χ4n) is 1.10. The molecule has 17 heavy (non-hydrogen) atoms. The molecule has 5 nitrogen and oxygen atoms in total. The van der Waals surface area contributed by atoms with Crippen LogP contribution in [-0.4, -0.2) is 15.9 Å². The van der Waals surface area contributed by atoms with Gasteiger partial charge >= 0.3 is 5.69 Å². The molecule has 94 valence electrons. The number of anilines is 1. The first-order valence-corrected chi connectivity index (χ1v) is 5.66. The van der Waals surface area contributed by atoms with Crippen LogP contribution in [0.2, 0.25) is 5.02 Å². The molecular formula is C11H16ClN3O2. The van der Waals surface area contributed by atoms with Crippen molar-refractivity contribution in [3.8, 4) is 0 Å². The molecule has 6 heteroatoms. The summed E-state index contributed by atoms with van der Waals surface area (Å²) in [6.07, 6.45) is 1.40. The zero-order valence-electron chi connectivity index (χ0n) is 10.3. The first-order chi connectivity index (χ1) is 7.71. The van der Waals surface area contributed by atoms with Crippen LogP contribution in [-0.2, 0) is 0 Å². The van der Waals surface area contributed by atoms with Gasteiger partial charge in [0, 0.05) is 18.3 Å². The quantitative estimate of drug-likeness (QED) is 0.665. The molecule has 1 unspecified atom stereocenters. The van der Waals surface area contributed by atoms with Gasteiger partial charge in [-0.25, -0.2) is 4.98 Å². The van der Waals surface area contributed by atoms with Gasteiger partial charge < -0.3 is 5.32 Å². The molecule has 1 N–H and O–H groups in total. The fourth-order valence-corrected chi connectivity index (χ4v) is 1.25. The third-order valence-electron chi connectivity index (χ3n) is 2.68. The highest BCUT2D eigenvalue weighted by molar-refractivity contribution is 6.30. The zero-order valence-corrected chi connectivity index (χ0v) is 11.1. The third-order valence-corrected chi connectivity index (χ3v) is 2.89. The van der Waals surface area contributed by atoms with Crippen LogP contribution in [0.3, 0.4) is 0 Å². The van der Waals surface area contributed by atoms with Crippen molar-refractivity contribution < 1.29 is 4.92 Å². The average molecular weight is 258 g/mol. The molecular weight excluding hydrogens is 242 g/mol. The van der Waals surface area contributed by atoms with Gasteiger partial charge in [-0.05, 0) is 12.3 Å². The van der Waals surface area contributed by atoms with Crippen molar-refractivity contribution in [2.45, 2.75) is 33.7 Å². The van der Waals surface area contributed by atoms with Gasteiger partial charge in [0.05, 0.1) is 9.95 Å². The summed E-state index contributed by atoms with van der Waals surface area (Å²) < 4.78 is 0. The summed E-state index contributed by atoms with van der Waals surface area (Å²) in [5.74, 6) is 0.252. The van der Waals surface area contributed by atoms with E-state index in [0.29, 0.717) is 0 Å². The van der Waals surface area contributed by atoms with Gasteiger partial charge in [0.15, 0.2) is 0 Å². The lowest BCUT2D eigenvalue weighted by Gasteiger charge is -2.28. The van der Waals surface area contributed by atoms with E-state index in [1.54, 1.807) is 0 Å². The molecule has 1 rings (SSSR count). The lowest BCUT2D eigenvalue weighted by atomic mass is 9.88.